The summed E-state index contributed by atoms with van der Waals surface area (Å²) < 4.78 is 34.4. The first-order valence-electron chi connectivity index (χ1n) is 29.1. The SMILES string of the molecule is CCCCCCCCCCCCCCCCCCCCCCC(=O)OC(COCCCCCCCCCCCCCCCCCC)COC1OC(COC2OC(CO)C(O)C(O)C2O)C(O)C(O)C1O. The highest BCUT2D eigenvalue weighted by atomic mass is 16.7. The van der Waals surface area contributed by atoms with Crippen LogP contribution in [0.15, 0.2) is 0 Å². The van der Waals surface area contributed by atoms with Crippen molar-refractivity contribution in [1.29, 1.82) is 0 Å². The second-order valence-electron chi connectivity index (χ2n) is 20.8. The van der Waals surface area contributed by atoms with E-state index in [0.29, 0.717) is 6.61 Å². The van der Waals surface area contributed by atoms with Crippen LogP contribution in [-0.2, 0) is 33.2 Å². The third-order valence-electron chi connectivity index (χ3n) is 14.4. The van der Waals surface area contributed by atoms with Crippen LogP contribution in [0.5, 0.6) is 0 Å². The Kier molecular flexibility index (Phi) is 41.2. The fourth-order valence-corrected chi connectivity index (χ4v) is 9.64. The molecule has 0 aromatic rings. The lowest BCUT2D eigenvalue weighted by atomic mass is 9.98. The predicted molar refractivity (Wildman–Crippen MR) is 275 cm³/mol. The van der Waals surface area contributed by atoms with Gasteiger partial charge >= 0.3 is 5.97 Å². The van der Waals surface area contributed by atoms with Crippen molar-refractivity contribution in [3.05, 3.63) is 0 Å². The number of unbranched alkanes of at least 4 members (excludes halogenated alkanes) is 34. The number of carbonyl (C=O) groups excluding carboxylic acids is 1. The molecule has 0 aromatic carbocycles. The number of ether oxygens (including phenoxy) is 6. The average molecular weight is 1010 g/mol. The molecule has 416 valence electrons. The van der Waals surface area contributed by atoms with Gasteiger partial charge in [0, 0.05) is 13.0 Å². The maximum Gasteiger partial charge on any atom is 0.306 e. The summed E-state index contributed by atoms with van der Waals surface area (Å²) in [4.78, 5) is 13.1. The first-order valence-corrected chi connectivity index (χ1v) is 29.1. The molecule has 7 N–H and O–H groups in total. The second-order valence-corrected chi connectivity index (χ2v) is 20.8. The highest BCUT2D eigenvalue weighted by Gasteiger charge is 2.47. The van der Waals surface area contributed by atoms with Crippen LogP contribution in [0, 0.1) is 0 Å². The van der Waals surface area contributed by atoms with E-state index in [1.807, 2.05) is 0 Å². The van der Waals surface area contributed by atoms with Gasteiger partial charge in [0.05, 0.1) is 26.4 Å². The first kappa shape index (κ1) is 65.1. The molecule has 0 aromatic heterocycles. The molecule has 0 saturated carbocycles. The Labute approximate surface area is 425 Å². The summed E-state index contributed by atoms with van der Waals surface area (Å²) >= 11 is 0. The molecule has 0 spiro atoms. The van der Waals surface area contributed by atoms with E-state index in [1.165, 1.54) is 186 Å². The molecule has 2 heterocycles. The number of hydrogen-bond acceptors (Lipinski definition) is 14. The lowest BCUT2D eigenvalue weighted by Gasteiger charge is -2.42. The summed E-state index contributed by atoms with van der Waals surface area (Å²) in [6.45, 7) is 3.76. The summed E-state index contributed by atoms with van der Waals surface area (Å²) in [5.74, 6) is -0.367. The molecule has 14 nitrogen and oxygen atoms in total. The highest BCUT2D eigenvalue weighted by Crippen LogP contribution is 2.27. The Bertz CT molecular complexity index is 1170. The average Bonchev–Trinajstić information content (AvgIpc) is 3.36. The van der Waals surface area contributed by atoms with Gasteiger partial charge in [-0.25, -0.2) is 0 Å². The van der Waals surface area contributed by atoms with Gasteiger partial charge in [0.15, 0.2) is 12.6 Å². The van der Waals surface area contributed by atoms with Crippen LogP contribution < -0.4 is 0 Å². The molecule has 0 radical (unpaired) electrons. The predicted octanol–water partition coefficient (Wildman–Crippen LogP) is 10.0. The second kappa shape index (κ2) is 44.3. The standard InChI is InChI=1S/C56H108O14/c1-3-5-7-9-11-13-15-17-19-21-22-23-24-25-27-29-31-33-35-37-39-48(58)68-45(42-65-40-38-36-34-32-30-28-26-20-18-16-14-12-10-8-6-4-2)43-66-55-54(64)52(62)50(60)47(70-55)44-67-56-53(63)51(61)49(59)46(41-57)69-56/h45-47,49-57,59-64H,3-44H2,1-2H3. The van der Waals surface area contributed by atoms with E-state index in [1.54, 1.807) is 0 Å². The van der Waals surface area contributed by atoms with E-state index < -0.39 is 80.7 Å². The van der Waals surface area contributed by atoms with Crippen LogP contribution in [-0.4, -0.2) is 142 Å². The van der Waals surface area contributed by atoms with Crippen LogP contribution in [0.2, 0.25) is 0 Å². The zero-order valence-corrected chi connectivity index (χ0v) is 44.5. The Morgan fingerprint density at radius 2 is 0.757 bits per heavy atom. The van der Waals surface area contributed by atoms with Crippen LogP contribution in [0.4, 0.5) is 0 Å². The van der Waals surface area contributed by atoms with E-state index in [-0.39, 0.29) is 25.6 Å². The maximum absolute atomic E-state index is 13.1. The number of rotatable bonds is 48. The van der Waals surface area contributed by atoms with Crippen molar-refractivity contribution in [2.75, 3.05) is 33.0 Å². The number of aliphatic hydroxyl groups is 7. The minimum atomic E-state index is -1.70. The van der Waals surface area contributed by atoms with Crippen molar-refractivity contribution in [2.45, 2.75) is 319 Å². The van der Waals surface area contributed by atoms with E-state index in [4.69, 9.17) is 28.4 Å². The normalized spacial score (nSPS) is 25.4. The molecule has 0 amide bonds. The third-order valence-corrected chi connectivity index (χ3v) is 14.4. The fraction of sp³-hybridized carbons (Fsp3) is 0.982. The van der Waals surface area contributed by atoms with E-state index in [0.717, 1.165) is 44.9 Å². The molecule has 2 aliphatic rings. The minimum Gasteiger partial charge on any atom is -0.457 e. The smallest absolute Gasteiger partial charge is 0.306 e. The lowest BCUT2D eigenvalue weighted by Crippen LogP contribution is -2.61. The van der Waals surface area contributed by atoms with Gasteiger partial charge in [-0.15, -0.1) is 0 Å². The molecule has 2 saturated heterocycles. The maximum atomic E-state index is 13.1. The molecule has 2 aliphatic heterocycles. The van der Waals surface area contributed by atoms with E-state index in [9.17, 15) is 40.5 Å². The van der Waals surface area contributed by atoms with Gasteiger partial charge < -0.3 is 64.2 Å². The molecule has 2 rings (SSSR count). The zero-order chi connectivity index (χ0) is 50.9. The van der Waals surface area contributed by atoms with Gasteiger partial charge in [0.25, 0.3) is 0 Å². The molecule has 0 aliphatic carbocycles. The van der Waals surface area contributed by atoms with Gasteiger partial charge in [-0.05, 0) is 12.8 Å². The summed E-state index contributed by atoms with van der Waals surface area (Å²) in [7, 11) is 0. The van der Waals surface area contributed by atoms with Crippen LogP contribution >= 0.6 is 0 Å². The van der Waals surface area contributed by atoms with Crippen LogP contribution in [0.25, 0.3) is 0 Å². The molecule has 11 unspecified atom stereocenters. The van der Waals surface area contributed by atoms with Gasteiger partial charge in [0.2, 0.25) is 0 Å². The van der Waals surface area contributed by atoms with Crippen molar-refractivity contribution in [3.63, 3.8) is 0 Å². The largest absolute Gasteiger partial charge is 0.457 e. The van der Waals surface area contributed by atoms with Gasteiger partial charge in [-0.3, -0.25) is 4.79 Å². The third kappa shape index (κ3) is 31.0. The topological polar surface area (TPSA) is 214 Å². The number of esters is 1. The van der Waals surface area contributed by atoms with Crippen molar-refractivity contribution in [3.8, 4) is 0 Å². The minimum absolute atomic E-state index is 0.0708. The number of carbonyl (C=O) groups is 1. The summed E-state index contributed by atoms with van der Waals surface area (Å²) in [5.41, 5.74) is 0. The fourth-order valence-electron chi connectivity index (χ4n) is 9.64. The number of aliphatic hydroxyl groups excluding tert-OH is 7. The Morgan fingerprint density at radius 1 is 0.414 bits per heavy atom. The summed E-state index contributed by atoms with van der Waals surface area (Å²) in [6, 6.07) is 0. The van der Waals surface area contributed by atoms with Gasteiger partial charge in [0.1, 0.15) is 54.9 Å². The summed E-state index contributed by atoms with van der Waals surface area (Å²) in [5, 5.41) is 72.3. The molecular weight excluding hydrogens is 897 g/mol. The molecule has 0 bridgehead atoms. The Hall–Kier alpha value is -1.01. The summed E-state index contributed by atoms with van der Waals surface area (Å²) in [6.07, 6.45) is 30.2. The highest BCUT2D eigenvalue weighted by molar-refractivity contribution is 5.69. The van der Waals surface area contributed by atoms with E-state index >= 15 is 0 Å². The molecule has 14 heteroatoms. The monoisotopic (exact) mass is 1000 g/mol. The zero-order valence-electron chi connectivity index (χ0n) is 44.5. The molecule has 2 fully saturated rings. The Balaban J connectivity index is 1.70. The van der Waals surface area contributed by atoms with Gasteiger partial charge in [-0.1, -0.05) is 232 Å². The number of hydrogen-bond donors (Lipinski definition) is 7. The van der Waals surface area contributed by atoms with Crippen LogP contribution in [0.1, 0.15) is 251 Å². The van der Waals surface area contributed by atoms with Crippen molar-refractivity contribution >= 4 is 5.97 Å². The van der Waals surface area contributed by atoms with Crippen molar-refractivity contribution < 1.29 is 69.0 Å². The molecular formula is C56H108O14. The first-order chi connectivity index (χ1) is 34.1. The van der Waals surface area contributed by atoms with Crippen molar-refractivity contribution in [1.82, 2.24) is 0 Å². The van der Waals surface area contributed by atoms with Crippen molar-refractivity contribution in [2.24, 2.45) is 0 Å². The van der Waals surface area contributed by atoms with Gasteiger partial charge in [-0.2, -0.15) is 0 Å². The van der Waals surface area contributed by atoms with Crippen LogP contribution in [0.3, 0.4) is 0 Å². The molecule has 70 heavy (non-hydrogen) atoms. The molecule has 11 atom stereocenters. The van der Waals surface area contributed by atoms with E-state index in [2.05, 4.69) is 13.8 Å². The lowest BCUT2D eigenvalue weighted by molar-refractivity contribution is -0.332. The quantitative estimate of drug-likeness (QED) is 0.0223. The Morgan fingerprint density at radius 3 is 1.16 bits per heavy atom.